The maximum Gasteiger partial charge on any atom is 0.262 e. The molecule has 0 saturated heterocycles. The number of halogens is 2. The molecule has 2 aromatic carbocycles. The number of rotatable bonds is 4. The van der Waals surface area contributed by atoms with Crippen molar-refractivity contribution in [2.24, 2.45) is 0 Å². The van der Waals surface area contributed by atoms with Gasteiger partial charge in [0.25, 0.3) is 5.91 Å². The summed E-state index contributed by atoms with van der Waals surface area (Å²) < 4.78 is 18.3. The first-order valence-electron chi connectivity index (χ1n) is 5.78. The number of ether oxygens (including phenoxy) is 1. The zero-order valence-electron chi connectivity index (χ0n) is 10.4. The maximum absolute atomic E-state index is 13.2. The van der Waals surface area contributed by atoms with E-state index in [9.17, 15) is 9.18 Å². The summed E-state index contributed by atoms with van der Waals surface area (Å²) in [6, 6.07) is 10.7. The highest BCUT2D eigenvalue weighted by Crippen LogP contribution is 2.20. The van der Waals surface area contributed by atoms with Crippen LogP contribution < -0.4 is 15.8 Å². The first-order valence-corrected chi connectivity index (χ1v) is 6.15. The monoisotopic (exact) mass is 294 g/mol. The highest BCUT2D eigenvalue weighted by Gasteiger charge is 2.06. The van der Waals surface area contributed by atoms with Crippen molar-refractivity contribution in [1.29, 1.82) is 0 Å². The van der Waals surface area contributed by atoms with Crippen LogP contribution >= 0.6 is 11.6 Å². The highest BCUT2D eigenvalue weighted by atomic mass is 35.5. The molecule has 0 spiro atoms. The van der Waals surface area contributed by atoms with Crippen molar-refractivity contribution in [2.75, 3.05) is 17.7 Å². The van der Waals surface area contributed by atoms with Crippen molar-refractivity contribution < 1.29 is 13.9 Å². The van der Waals surface area contributed by atoms with Crippen LogP contribution in [0.25, 0.3) is 0 Å². The number of hydrogen-bond donors (Lipinski definition) is 2. The van der Waals surface area contributed by atoms with Crippen molar-refractivity contribution in [2.45, 2.75) is 0 Å². The number of benzene rings is 2. The fraction of sp³-hybridized carbons (Fsp3) is 0.0714. The van der Waals surface area contributed by atoms with E-state index in [0.717, 1.165) is 6.07 Å². The minimum Gasteiger partial charge on any atom is -0.484 e. The first kappa shape index (κ1) is 14.1. The van der Waals surface area contributed by atoms with Gasteiger partial charge in [-0.25, -0.2) is 4.39 Å². The third kappa shape index (κ3) is 3.86. The summed E-state index contributed by atoms with van der Waals surface area (Å²) in [6.07, 6.45) is 0. The van der Waals surface area contributed by atoms with Crippen LogP contribution in [0.2, 0.25) is 5.02 Å². The number of carbonyl (C=O) groups is 1. The second-order valence-electron chi connectivity index (χ2n) is 4.04. The predicted molar refractivity (Wildman–Crippen MR) is 76.4 cm³/mol. The first-order chi connectivity index (χ1) is 9.54. The van der Waals surface area contributed by atoms with Crippen LogP contribution in [0, 0.1) is 5.82 Å². The minimum absolute atomic E-state index is 0.00145. The molecule has 0 fully saturated rings. The van der Waals surface area contributed by atoms with Gasteiger partial charge in [0.05, 0.1) is 5.02 Å². The van der Waals surface area contributed by atoms with E-state index in [4.69, 9.17) is 22.1 Å². The Labute approximate surface area is 120 Å². The number of nitrogens with one attached hydrogen (secondary N) is 1. The second-order valence-corrected chi connectivity index (χ2v) is 4.45. The van der Waals surface area contributed by atoms with E-state index < -0.39 is 5.82 Å². The molecule has 0 aliphatic heterocycles. The Morgan fingerprint density at radius 1 is 1.30 bits per heavy atom. The van der Waals surface area contributed by atoms with Crippen molar-refractivity contribution in [3.63, 3.8) is 0 Å². The smallest absolute Gasteiger partial charge is 0.262 e. The highest BCUT2D eigenvalue weighted by molar-refractivity contribution is 6.30. The van der Waals surface area contributed by atoms with E-state index in [0.29, 0.717) is 11.4 Å². The molecule has 0 atom stereocenters. The zero-order chi connectivity index (χ0) is 14.5. The van der Waals surface area contributed by atoms with Crippen LogP contribution in [0.4, 0.5) is 15.8 Å². The van der Waals surface area contributed by atoms with Crippen molar-refractivity contribution in [3.8, 4) is 5.75 Å². The van der Waals surface area contributed by atoms with Gasteiger partial charge in [-0.05, 0) is 30.3 Å². The molecule has 0 radical (unpaired) electrons. The zero-order valence-corrected chi connectivity index (χ0v) is 11.2. The van der Waals surface area contributed by atoms with Crippen molar-refractivity contribution in [3.05, 3.63) is 53.3 Å². The number of nitrogen functional groups attached to an aromatic ring is 1. The molecule has 0 aliphatic rings. The van der Waals surface area contributed by atoms with E-state index in [1.165, 1.54) is 12.1 Å². The van der Waals surface area contributed by atoms with Gasteiger partial charge in [0.15, 0.2) is 6.61 Å². The number of amides is 1. The quantitative estimate of drug-likeness (QED) is 0.852. The standard InChI is InChI=1S/C14H12ClFN2O2/c15-12-5-4-11(7-13(12)16)20-8-14(19)18-10-3-1-2-9(17)6-10/h1-7H,8,17H2,(H,18,19). The normalized spacial score (nSPS) is 10.1. The lowest BCUT2D eigenvalue weighted by atomic mass is 10.3. The summed E-state index contributed by atoms with van der Waals surface area (Å²) in [5.41, 5.74) is 6.71. The molecule has 4 nitrogen and oxygen atoms in total. The molecule has 0 heterocycles. The molecule has 2 rings (SSSR count). The largest absolute Gasteiger partial charge is 0.484 e. The van der Waals surface area contributed by atoms with Gasteiger partial charge in [0, 0.05) is 17.4 Å². The van der Waals surface area contributed by atoms with Gasteiger partial charge in [-0.1, -0.05) is 17.7 Å². The van der Waals surface area contributed by atoms with Gasteiger partial charge < -0.3 is 15.8 Å². The molecule has 0 saturated carbocycles. The fourth-order valence-electron chi connectivity index (χ4n) is 1.53. The Morgan fingerprint density at radius 3 is 2.80 bits per heavy atom. The second kappa shape index (κ2) is 6.25. The lowest BCUT2D eigenvalue weighted by Crippen LogP contribution is -2.20. The lowest BCUT2D eigenvalue weighted by molar-refractivity contribution is -0.118. The molecule has 1 amide bonds. The predicted octanol–water partition coefficient (Wildman–Crippen LogP) is 3.08. The van der Waals surface area contributed by atoms with Crippen LogP contribution in [0.15, 0.2) is 42.5 Å². The Kier molecular flexibility index (Phi) is 4.42. The van der Waals surface area contributed by atoms with Crippen LogP contribution in [0.5, 0.6) is 5.75 Å². The van der Waals surface area contributed by atoms with Crippen LogP contribution in [0.1, 0.15) is 0 Å². The van der Waals surface area contributed by atoms with Gasteiger partial charge in [-0.2, -0.15) is 0 Å². The third-order valence-electron chi connectivity index (χ3n) is 2.43. The summed E-state index contributed by atoms with van der Waals surface area (Å²) in [5, 5.41) is 2.62. The van der Waals surface area contributed by atoms with E-state index >= 15 is 0 Å². The maximum atomic E-state index is 13.2. The van der Waals surface area contributed by atoms with Gasteiger partial charge in [0.2, 0.25) is 0 Å². The van der Waals surface area contributed by atoms with E-state index in [2.05, 4.69) is 5.32 Å². The number of anilines is 2. The van der Waals surface area contributed by atoms with Crippen LogP contribution in [0.3, 0.4) is 0 Å². The third-order valence-corrected chi connectivity index (χ3v) is 2.74. The lowest BCUT2D eigenvalue weighted by Gasteiger charge is -2.08. The average molecular weight is 295 g/mol. The van der Waals surface area contributed by atoms with Crippen molar-refractivity contribution in [1.82, 2.24) is 0 Å². The topological polar surface area (TPSA) is 64.3 Å². The van der Waals surface area contributed by atoms with Gasteiger partial charge in [-0.3, -0.25) is 4.79 Å². The molecule has 0 aliphatic carbocycles. The summed E-state index contributed by atoms with van der Waals surface area (Å²) in [7, 11) is 0. The molecular weight excluding hydrogens is 283 g/mol. The Bertz CT molecular complexity index is 634. The molecule has 0 aromatic heterocycles. The minimum atomic E-state index is -0.597. The van der Waals surface area contributed by atoms with E-state index in [-0.39, 0.29) is 23.3 Å². The summed E-state index contributed by atoms with van der Waals surface area (Å²) in [5.74, 6) is -0.735. The van der Waals surface area contributed by atoms with E-state index in [1.54, 1.807) is 24.3 Å². The van der Waals surface area contributed by atoms with Crippen LogP contribution in [-0.2, 0) is 4.79 Å². The molecule has 20 heavy (non-hydrogen) atoms. The van der Waals surface area contributed by atoms with E-state index in [1.807, 2.05) is 0 Å². The van der Waals surface area contributed by atoms with Crippen LogP contribution in [-0.4, -0.2) is 12.5 Å². The fourth-order valence-corrected chi connectivity index (χ4v) is 1.65. The molecule has 104 valence electrons. The number of carbonyl (C=O) groups excluding carboxylic acids is 1. The van der Waals surface area contributed by atoms with Crippen molar-refractivity contribution >= 4 is 28.9 Å². The number of hydrogen-bond acceptors (Lipinski definition) is 3. The molecule has 2 aromatic rings. The summed E-state index contributed by atoms with van der Waals surface area (Å²) in [4.78, 5) is 11.7. The average Bonchev–Trinajstić information content (AvgIpc) is 2.40. The molecule has 0 unspecified atom stereocenters. The SMILES string of the molecule is Nc1cccc(NC(=O)COc2ccc(Cl)c(F)c2)c1. The Morgan fingerprint density at radius 2 is 2.10 bits per heavy atom. The molecular formula is C14H12ClFN2O2. The molecule has 0 bridgehead atoms. The Balaban J connectivity index is 1.90. The summed E-state index contributed by atoms with van der Waals surface area (Å²) >= 11 is 5.54. The van der Waals surface area contributed by atoms with Gasteiger partial charge in [0.1, 0.15) is 11.6 Å². The Hall–Kier alpha value is -2.27. The van der Waals surface area contributed by atoms with Gasteiger partial charge >= 0.3 is 0 Å². The number of nitrogens with two attached hydrogens (primary N) is 1. The summed E-state index contributed by atoms with van der Waals surface area (Å²) in [6.45, 7) is -0.240. The molecule has 6 heteroatoms. The molecule has 3 N–H and O–H groups in total. The van der Waals surface area contributed by atoms with Gasteiger partial charge in [-0.15, -0.1) is 0 Å².